The molecule has 0 aliphatic carbocycles. The van der Waals surface area contributed by atoms with Gasteiger partial charge in [0.2, 0.25) is 5.91 Å². The molecule has 1 unspecified atom stereocenters. The largest absolute Gasteiger partial charge is 0.393 e. The zero-order chi connectivity index (χ0) is 18.3. The van der Waals surface area contributed by atoms with Crippen molar-refractivity contribution in [2.24, 2.45) is 17.2 Å². The van der Waals surface area contributed by atoms with Gasteiger partial charge in [-0.1, -0.05) is 24.3 Å². The number of carbonyl (C=O) groups excluding carboxylic acids is 3. The lowest BCUT2D eigenvalue weighted by Crippen LogP contribution is -2.37. The number of rotatable bonds is 8. The van der Waals surface area contributed by atoms with Gasteiger partial charge < -0.3 is 21.3 Å². The molecule has 1 aromatic carbocycles. The molecule has 0 heterocycles. The molecular formula is C15H20N4O5. The van der Waals surface area contributed by atoms with Crippen molar-refractivity contribution in [1.82, 2.24) is 0 Å². The van der Waals surface area contributed by atoms with E-state index in [1.807, 2.05) is 0 Å². The predicted molar refractivity (Wildman–Crippen MR) is 84.3 cm³/mol. The molecule has 0 spiro atoms. The Bertz CT molecular complexity index is 640. The van der Waals surface area contributed by atoms with Crippen LogP contribution in [0.25, 0.3) is 0 Å². The lowest BCUT2D eigenvalue weighted by Gasteiger charge is -2.23. The quantitative estimate of drug-likeness (QED) is 0.135. The van der Waals surface area contributed by atoms with E-state index in [1.165, 1.54) is 24.3 Å². The highest BCUT2D eigenvalue weighted by atomic mass is 16.6. The molecule has 1 atom stereocenters. The van der Waals surface area contributed by atoms with Crippen molar-refractivity contribution in [3.63, 3.8) is 0 Å². The average Bonchev–Trinajstić information content (AvgIpc) is 2.51. The number of primary amides is 1. The van der Waals surface area contributed by atoms with E-state index in [0.717, 1.165) is 0 Å². The molecule has 8 N–H and O–H groups in total. The van der Waals surface area contributed by atoms with Gasteiger partial charge in [0.25, 0.3) is 0 Å². The zero-order valence-corrected chi connectivity index (χ0v) is 13.0. The first-order valence-electron chi connectivity index (χ1n) is 7.10. The number of nitrogen functional groups attached to an aromatic ring is 1. The number of amides is 1. The second kappa shape index (κ2) is 8.18. The Hall–Kier alpha value is -2.78. The molecule has 1 amide bonds. The molecule has 0 saturated carbocycles. The number of amidine groups is 1. The fourth-order valence-electron chi connectivity index (χ4n) is 1.83. The summed E-state index contributed by atoms with van der Waals surface area (Å²) in [6.07, 6.45) is -0.992. The summed E-state index contributed by atoms with van der Waals surface area (Å²) >= 11 is 0. The molecule has 0 aliphatic heterocycles. The van der Waals surface area contributed by atoms with Crippen molar-refractivity contribution < 1.29 is 24.2 Å². The lowest BCUT2D eigenvalue weighted by molar-refractivity contribution is -0.161. The van der Waals surface area contributed by atoms with Gasteiger partial charge in [-0.2, -0.15) is 0 Å². The highest BCUT2D eigenvalue weighted by Crippen LogP contribution is 2.21. The molecular weight excluding hydrogens is 316 g/mol. The lowest BCUT2D eigenvalue weighted by atomic mass is 9.97. The molecule has 0 aliphatic rings. The van der Waals surface area contributed by atoms with Gasteiger partial charge in [-0.25, -0.2) is 0 Å². The van der Waals surface area contributed by atoms with Crippen LogP contribution in [0.4, 0.5) is 0 Å². The molecule has 1 aromatic rings. The number of benzene rings is 1. The first-order valence-corrected chi connectivity index (χ1v) is 7.10. The van der Waals surface area contributed by atoms with Gasteiger partial charge in [0, 0.05) is 18.4 Å². The Morgan fingerprint density at radius 2 is 1.58 bits per heavy atom. The highest BCUT2D eigenvalue weighted by Gasteiger charge is 2.26. The van der Waals surface area contributed by atoms with Crippen molar-refractivity contribution in [2.45, 2.75) is 31.4 Å². The normalized spacial score (nSPS) is 12.9. The van der Waals surface area contributed by atoms with Crippen LogP contribution >= 0.6 is 0 Å². The van der Waals surface area contributed by atoms with Gasteiger partial charge in [0.05, 0.1) is 12.8 Å². The number of nitrogens with one attached hydrogen (secondary N) is 1. The zero-order valence-electron chi connectivity index (χ0n) is 13.0. The molecule has 0 radical (unpaired) electrons. The molecule has 9 nitrogen and oxygen atoms in total. The summed E-state index contributed by atoms with van der Waals surface area (Å²) in [7, 11) is 0. The number of carbonyl (C=O) groups is 3. The van der Waals surface area contributed by atoms with Gasteiger partial charge in [-0.15, -0.1) is 0 Å². The van der Waals surface area contributed by atoms with E-state index in [0.29, 0.717) is 11.1 Å². The second-order valence-corrected chi connectivity index (χ2v) is 5.23. The summed E-state index contributed by atoms with van der Waals surface area (Å²) in [5.41, 5.74) is 14.9. The smallest absolute Gasteiger partial charge is 0.313 e. The van der Waals surface area contributed by atoms with Crippen LogP contribution in [0.15, 0.2) is 24.3 Å². The number of nitrogens with two attached hydrogens (primary N) is 3. The van der Waals surface area contributed by atoms with Crippen molar-refractivity contribution in [1.29, 1.82) is 5.41 Å². The van der Waals surface area contributed by atoms with Gasteiger partial charge in [0.15, 0.2) is 0 Å². The highest BCUT2D eigenvalue weighted by molar-refractivity contribution is 5.94. The van der Waals surface area contributed by atoms with Crippen LogP contribution in [0.5, 0.6) is 0 Å². The van der Waals surface area contributed by atoms with Crippen molar-refractivity contribution >= 4 is 23.7 Å². The Labute approximate surface area is 138 Å². The number of hydrogen-bond acceptors (Lipinski definition) is 7. The summed E-state index contributed by atoms with van der Waals surface area (Å²) in [6.45, 7) is 0. The minimum absolute atomic E-state index is 0.125. The first-order chi connectivity index (χ1) is 11.1. The van der Waals surface area contributed by atoms with Gasteiger partial charge >= 0.3 is 11.9 Å². The molecule has 0 fully saturated rings. The third kappa shape index (κ3) is 6.15. The Kier molecular flexibility index (Phi) is 6.57. The van der Waals surface area contributed by atoms with Crippen LogP contribution in [0.3, 0.4) is 0 Å². The summed E-state index contributed by atoms with van der Waals surface area (Å²) < 4.78 is 4.49. The minimum atomic E-state index is -1.81. The molecule has 0 aromatic heterocycles. The summed E-state index contributed by atoms with van der Waals surface area (Å²) in [6, 6.07) is 6.00. The third-order valence-corrected chi connectivity index (χ3v) is 3.21. The van der Waals surface area contributed by atoms with E-state index in [1.54, 1.807) is 0 Å². The Balaban J connectivity index is 2.55. The fraction of sp³-hybridized carbons (Fsp3) is 0.333. The van der Waals surface area contributed by atoms with E-state index in [-0.39, 0.29) is 31.5 Å². The monoisotopic (exact) mass is 336 g/mol. The van der Waals surface area contributed by atoms with Crippen LogP contribution in [0.2, 0.25) is 0 Å². The summed E-state index contributed by atoms with van der Waals surface area (Å²) in [4.78, 5) is 33.4. The molecule has 130 valence electrons. The molecule has 1 rings (SSSR count). The molecule has 0 bridgehead atoms. The van der Waals surface area contributed by atoms with Crippen LogP contribution in [0, 0.1) is 5.41 Å². The van der Waals surface area contributed by atoms with Crippen LogP contribution in [0.1, 0.15) is 36.8 Å². The Morgan fingerprint density at radius 1 is 1.04 bits per heavy atom. The maximum atomic E-state index is 11.5. The molecule has 0 saturated heterocycles. The van der Waals surface area contributed by atoms with Crippen molar-refractivity contribution in [2.75, 3.05) is 0 Å². The summed E-state index contributed by atoms with van der Waals surface area (Å²) in [5.74, 6) is -2.54. The predicted octanol–water partition coefficient (Wildman–Crippen LogP) is -0.810. The van der Waals surface area contributed by atoms with Crippen molar-refractivity contribution in [3.8, 4) is 0 Å². The molecule has 24 heavy (non-hydrogen) atoms. The van der Waals surface area contributed by atoms with Gasteiger partial charge in [-0.05, 0) is 5.56 Å². The van der Waals surface area contributed by atoms with Gasteiger partial charge in [0.1, 0.15) is 11.6 Å². The van der Waals surface area contributed by atoms with E-state index in [2.05, 4.69) is 4.74 Å². The van der Waals surface area contributed by atoms with Gasteiger partial charge in [-0.3, -0.25) is 25.5 Å². The Morgan fingerprint density at radius 3 is 2.08 bits per heavy atom. The summed E-state index contributed by atoms with van der Waals surface area (Å²) in [5, 5.41) is 17.5. The van der Waals surface area contributed by atoms with Crippen LogP contribution < -0.4 is 17.2 Å². The number of aliphatic hydroxyl groups is 1. The number of hydrogen-bond donors (Lipinski definition) is 5. The second-order valence-electron chi connectivity index (χ2n) is 5.23. The third-order valence-electron chi connectivity index (χ3n) is 3.21. The minimum Gasteiger partial charge on any atom is -0.393 e. The van der Waals surface area contributed by atoms with Crippen LogP contribution in [-0.2, 0) is 24.8 Å². The molecule has 9 heteroatoms. The van der Waals surface area contributed by atoms with E-state index < -0.39 is 23.6 Å². The van der Waals surface area contributed by atoms with Crippen LogP contribution in [-0.4, -0.2) is 28.8 Å². The number of esters is 2. The fourth-order valence-corrected chi connectivity index (χ4v) is 1.83. The van der Waals surface area contributed by atoms with E-state index in [4.69, 9.17) is 22.6 Å². The van der Waals surface area contributed by atoms with E-state index in [9.17, 15) is 19.5 Å². The number of ether oxygens (including phenoxy) is 1. The van der Waals surface area contributed by atoms with Crippen molar-refractivity contribution in [3.05, 3.63) is 35.4 Å². The standard InChI is InChI=1S/C15H20N4O5/c16-11(20)5-6-12(21)24-13(22)7-8-15(19,23)10-3-1-9(2-4-10)14(17)18/h1-4,23H,5-8,19H2,(H2,16,20)(H3,17,18). The maximum absolute atomic E-state index is 11.5. The van der Waals surface area contributed by atoms with E-state index >= 15 is 0 Å². The maximum Gasteiger partial charge on any atom is 0.313 e. The topological polar surface area (TPSA) is 183 Å². The first kappa shape index (κ1) is 19.3. The average molecular weight is 336 g/mol. The SMILES string of the molecule is N=C(N)c1ccc(C(N)(O)CCC(=O)OC(=O)CCC(N)=O)cc1.